The molecule has 1 aromatic rings. The second kappa shape index (κ2) is 4.21. The summed E-state index contributed by atoms with van der Waals surface area (Å²) in [6.45, 7) is 3.10. The maximum atomic E-state index is 11.0. The van der Waals surface area contributed by atoms with Crippen molar-refractivity contribution in [1.29, 1.82) is 0 Å². The maximum Gasteiger partial charge on any atom is 0.214 e. The molecule has 0 radical (unpaired) electrons. The summed E-state index contributed by atoms with van der Waals surface area (Å²) in [6, 6.07) is 0. The minimum absolute atomic E-state index is 0.0575. The van der Waals surface area contributed by atoms with Crippen LogP contribution in [0.4, 0.5) is 0 Å². The third-order valence-corrected chi connectivity index (χ3v) is 3.32. The van der Waals surface area contributed by atoms with Crippen molar-refractivity contribution in [3.8, 4) is 0 Å². The molecule has 1 heterocycles. The number of hydrogen-bond acceptors (Lipinski definition) is 5. The van der Waals surface area contributed by atoms with Gasteiger partial charge in [0.05, 0.1) is 0 Å². The molecule has 0 saturated heterocycles. The van der Waals surface area contributed by atoms with Crippen molar-refractivity contribution >= 4 is 10.0 Å². The van der Waals surface area contributed by atoms with Crippen LogP contribution in [0.25, 0.3) is 0 Å². The van der Waals surface area contributed by atoms with Gasteiger partial charge in [-0.3, -0.25) is 0 Å². The Morgan fingerprint density at radius 3 is 2.27 bits per heavy atom. The molecule has 0 unspecified atom stereocenters. The molecule has 6 nitrogen and oxygen atoms in total. The Morgan fingerprint density at radius 1 is 1.40 bits per heavy atom. The van der Waals surface area contributed by atoms with Gasteiger partial charge in [-0.15, -0.1) is 0 Å². The van der Waals surface area contributed by atoms with Crippen LogP contribution in [0.2, 0.25) is 0 Å². The summed E-state index contributed by atoms with van der Waals surface area (Å²) in [5.41, 5.74) is 0.828. The molecule has 0 aliphatic rings. The predicted octanol–water partition coefficient (Wildman–Crippen LogP) is -0.505. The third-order valence-electron chi connectivity index (χ3n) is 2.03. The van der Waals surface area contributed by atoms with Crippen LogP contribution in [0.3, 0.4) is 0 Å². The minimum Gasteiger partial charge on any atom is -0.384 e. The number of primary sulfonamides is 1. The minimum atomic E-state index is -3.79. The van der Waals surface area contributed by atoms with Crippen molar-refractivity contribution in [3.05, 3.63) is 23.8 Å². The summed E-state index contributed by atoms with van der Waals surface area (Å²) < 4.78 is 22.0. The van der Waals surface area contributed by atoms with Gasteiger partial charge < -0.3 is 5.11 Å². The van der Waals surface area contributed by atoms with Crippen LogP contribution in [0.5, 0.6) is 0 Å². The Morgan fingerprint density at radius 2 is 1.87 bits per heavy atom. The van der Waals surface area contributed by atoms with Crippen molar-refractivity contribution in [3.63, 3.8) is 0 Å². The topological polar surface area (TPSA) is 106 Å². The first-order chi connectivity index (χ1) is 6.82. The van der Waals surface area contributed by atoms with Crippen molar-refractivity contribution < 1.29 is 13.5 Å². The van der Waals surface area contributed by atoms with Gasteiger partial charge in [0.25, 0.3) is 0 Å². The van der Waals surface area contributed by atoms with Crippen molar-refractivity contribution in [2.75, 3.05) is 0 Å². The smallest absolute Gasteiger partial charge is 0.214 e. The molecule has 7 heteroatoms. The Balaban J connectivity index is 2.95. The fourth-order valence-electron chi connectivity index (χ4n) is 0.945. The van der Waals surface area contributed by atoms with E-state index in [1.807, 2.05) is 0 Å². The molecule has 0 saturated carbocycles. The molecule has 3 N–H and O–H groups in total. The highest BCUT2D eigenvalue weighted by molar-refractivity contribution is 7.89. The summed E-state index contributed by atoms with van der Waals surface area (Å²) in [5.74, 6) is 0.0575. The number of nitrogens with two attached hydrogens (primary N) is 1. The number of rotatable bonds is 3. The summed E-state index contributed by atoms with van der Waals surface area (Å²) in [7, 11) is -3.79. The molecule has 0 amide bonds. The van der Waals surface area contributed by atoms with Crippen molar-refractivity contribution in [2.45, 2.75) is 25.2 Å². The molecular formula is C8H13N3O3S. The van der Waals surface area contributed by atoms with Gasteiger partial charge >= 0.3 is 0 Å². The molecule has 1 aromatic heterocycles. The average molecular weight is 231 g/mol. The van der Waals surface area contributed by atoms with Gasteiger partial charge in [-0.1, -0.05) is 0 Å². The molecule has 15 heavy (non-hydrogen) atoms. The molecular weight excluding hydrogens is 218 g/mol. The van der Waals surface area contributed by atoms with E-state index in [1.54, 1.807) is 6.92 Å². The van der Waals surface area contributed by atoms with E-state index in [-0.39, 0.29) is 5.82 Å². The van der Waals surface area contributed by atoms with E-state index in [2.05, 4.69) is 9.97 Å². The maximum absolute atomic E-state index is 11.0. The largest absolute Gasteiger partial charge is 0.384 e. The third kappa shape index (κ3) is 2.95. The van der Waals surface area contributed by atoms with Crippen molar-refractivity contribution in [1.82, 2.24) is 9.97 Å². The van der Waals surface area contributed by atoms with Crippen molar-refractivity contribution in [2.24, 2.45) is 5.14 Å². The van der Waals surface area contributed by atoms with E-state index >= 15 is 0 Å². The monoisotopic (exact) mass is 231 g/mol. The number of aliphatic hydroxyl groups excluding tert-OH is 1. The number of nitrogens with zero attached hydrogens (tertiary/aromatic N) is 2. The molecule has 1 rings (SSSR count). The van der Waals surface area contributed by atoms with Crippen LogP contribution in [0.1, 0.15) is 24.4 Å². The van der Waals surface area contributed by atoms with Crippen LogP contribution >= 0.6 is 0 Å². The zero-order valence-corrected chi connectivity index (χ0v) is 9.27. The first kappa shape index (κ1) is 12.0. The standard InChI is InChI=1S/C8H13N3O3S/c1-5-3-10-8(11-4-5)7(12)6(2)15(9,13)14/h3-4,6-7,12H,1-2H3,(H2,9,13,14)/t6-,7-/m0/s1. The summed E-state index contributed by atoms with van der Waals surface area (Å²) >= 11 is 0. The van der Waals surface area contributed by atoms with E-state index in [9.17, 15) is 13.5 Å². The lowest BCUT2D eigenvalue weighted by Gasteiger charge is -2.15. The van der Waals surface area contributed by atoms with E-state index < -0.39 is 21.4 Å². The predicted molar refractivity (Wildman–Crippen MR) is 54.3 cm³/mol. The SMILES string of the molecule is Cc1cnc([C@@H](O)[C@H](C)S(N)(=O)=O)nc1. The van der Waals surface area contributed by atoms with Crippen LogP contribution in [-0.4, -0.2) is 28.7 Å². The number of aryl methyl sites for hydroxylation is 1. The first-order valence-corrected chi connectivity index (χ1v) is 5.91. The summed E-state index contributed by atoms with van der Waals surface area (Å²) in [4.78, 5) is 7.66. The zero-order chi connectivity index (χ0) is 11.6. The molecule has 2 atom stereocenters. The molecule has 0 bridgehead atoms. The molecule has 0 aliphatic heterocycles. The summed E-state index contributed by atoms with van der Waals surface area (Å²) in [6.07, 6.45) is 1.70. The summed E-state index contributed by atoms with van der Waals surface area (Å²) in [5, 5.41) is 13.4. The number of sulfonamides is 1. The van der Waals surface area contributed by atoms with E-state index in [4.69, 9.17) is 5.14 Å². The highest BCUT2D eigenvalue weighted by Crippen LogP contribution is 2.16. The molecule has 0 fully saturated rings. The van der Waals surface area contributed by atoms with Gasteiger partial charge in [-0.25, -0.2) is 23.5 Å². The average Bonchev–Trinajstić information content (AvgIpc) is 2.15. The van der Waals surface area contributed by atoms with Crippen LogP contribution in [0.15, 0.2) is 12.4 Å². The van der Waals surface area contributed by atoms with Gasteiger partial charge in [0.15, 0.2) is 5.82 Å². The van der Waals surface area contributed by atoms with Crippen LogP contribution in [-0.2, 0) is 10.0 Å². The lowest BCUT2D eigenvalue weighted by atomic mass is 10.2. The Hall–Kier alpha value is -1.05. The van der Waals surface area contributed by atoms with E-state index in [0.717, 1.165) is 5.56 Å². The van der Waals surface area contributed by atoms with Crippen LogP contribution < -0.4 is 5.14 Å². The first-order valence-electron chi connectivity index (χ1n) is 4.30. The fourth-order valence-corrected chi connectivity index (χ4v) is 1.43. The second-order valence-corrected chi connectivity index (χ2v) is 5.28. The normalized spacial score (nSPS) is 16.0. The second-order valence-electron chi connectivity index (χ2n) is 3.36. The molecule has 0 aromatic carbocycles. The Bertz CT molecular complexity index is 429. The lowest BCUT2D eigenvalue weighted by Crippen LogP contribution is -2.32. The zero-order valence-electron chi connectivity index (χ0n) is 8.45. The van der Waals surface area contributed by atoms with Gasteiger partial charge in [-0.05, 0) is 19.4 Å². The highest BCUT2D eigenvalue weighted by Gasteiger charge is 2.27. The molecule has 84 valence electrons. The lowest BCUT2D eigenvalue weighted by molar-refractivity contribution is 0.166. The van der Waals surface area contributed by atoms with Gasteiger partial charge in [0, 0.05) is 12.4 Å². The Kier molecular flexibility index (Phi) is 3.38. The number of aromatic nitrogens is 2. The van der Waals surface area contributed by atoms with Gasteiger partial charge in [0.2, 0.25) is 10.0 Å². The number of hydrogen-bond donors (Lipinski definition) is 2. The van der Waals surface area contributed by atoms with E-state index in [1.165, 1.54) is 19.3 Å². The quantitative estimate of drug-likeness (QED) is 0.729. The Labute approximate surface area is 88.2 Å². The van der Waals surface area contributed by atoms with Gasteiger partial charge in [-0.2, -0.15) is 0 Å². The number of aliphatic hydroxyl groups is 1. The molecule has 0 spiro atoms. The molecule has 0 aliphatic carbocycles. The van der Waals surface area contributed by atoms with Gasteiger partial charge in [0.1, 0.15) is 11.4 Å². The fraction of sp³-hybridized carbons (Fsp3) is 0.500. The van der Waals surface area contributed by atoms with Crippen LogP contribution in [0, 0.1) is 6.92 Å². The highest BCUT2D eigenvalue weighted by atomic mass is 32.2. The van der Waals surface area contributed by atoms with E-state index in [0.29, 0.717) is 0 Å².